The summed E-state index contributed by atoms with van der Waals surface area (Å²) in [6.07, 6.45) is 0.958. The maximum Gasteiger partial charge on any atom is 0.261 e. The minimum atomic E-state index is -3.76. The van der Waals surface area contributed by atoms with Gasteiger partial charge in [0.2, 0.25) is 0 Å². The molecule has 1 atom stereocenters. The molecule has 0 aliphatic carbocycles. The van der Waals surface area contributed by atoms with Crippen molar-refractivity contribution in [3.63, 3.8) is 0 Å². The first-order chi connectivity index (χ1) is 12.9. The Morgan fingerprint density at radius 1 is 1.19 bits per heavy atom. The second-order valence-electron chi connectivity index (χ2n) is 6.96. The van der Waals surface area contributed by atoms with Crippen molar-refractivity contribution in [1.29, 1.82) is 0 Å². The van der Waals surface area contributed by atoms with Gasteiger partial charge in [0.05, 0.1) is 4.90 Å². The van der Waals surface area contributed by atoms with Crippen LogP contribution in [0.4, 0.5) is 5.69 Å². The van der Waals surface area contributed by atoms with Gasteiger partial charge in [0, 0.05) is 24.3 Å². The average molecular weight is 388 g/mol. The number of carbonyl (C=O) groups is 1. The van der Waals surface area contributed by atoms with Crippen molar-refractivity contribution in [2.45, 2.75) is 18.2 Å². The maximum atomic E-state index is 12.8. The predicted octanol–water partition coefficient (Wildman–Crippen LogP) is 2.48. The quantitative estimate of drug-likeness (QED) is 0.798. The van der Waals surface area contributed by atoms with Crippen LogP contribution >= 0.6 is 0 Å². The van der Waals surface area contributed by atoms with E-state index in [4.69, 9.17) is 0 Å². The molecule has 2 aromatic carbocycles. The molecule has 3 rings (SSSR count). The molecule has 2 N–H and O–H groups in total. The first kappa shape index (κ1) is 19.4. The molecule has 1 saturated heterocycles. The van der Waals surface area contributed by atoms with Gasteiger partial charge in [-0.15, -0.1) is 0 Å². The number of carbonyl (C=O) groups excluding carboxylic acids is 1. The van der Waals surface area contributed by atoms with Crippen molar-refractivity contribution < 1.29 is 13.2 Å². The first-order valence-electron chi connectivity index (χ1n) is 9.02. The maximum absolute atomic E-state index is 12.8. The number of aryl methyl sites for hydroxylation is 1. The largest absolute Gasteiger partial charge is 0.338 e. The number of sulfonamides is 1. The number of hydrogen-bond donors (Lipinski definition) is 2. The number of likely N-dealkylation sites (tertiary alicyclic amines) is 1. The molecule has 6 nitrogen and oxygen atoms in total. The molecule has 1 amide bonds. The van der Waals surface area contributed by atoms with E-state index in [1.807, 2.05) is 26.1 Å². The summed E-state index contributed by atoms with van der Waals surface area (Å²) in [5.41, 5.74) is 1.94. The third-order valence-corrected chi connectivity index (χ3v) is 6.14. The molecule has 1 heterocycles. The standard InChI is InChI=1S/C20H25N3O3S/c1-15-6-8-18(9-7-15)22-27(25,26)19-5-3-4-17(12-19)20(24)23-11-10-16(14-23)13-21-2/h3-9,12,16,21-22H,10-11,13-14H2,1-2H3. The molecule has 1 unspecified atom stereocenters. The molecule has 0 spiro atoms. The van der Waals surface area contributed by atoms with Crippen LogP contribution in [0.3, 0.4) is 0 Å². The SMILES string of the molecule is CNCC1CCN(C(=O)c2cccc(S(=O)(=O)Nc3ccc(C)cc3)c2)C1. The molecule has 0 saturated carbocycles. The van der Waals surface area contributed by atoms with Crippen molar-refractivity contribution in [2.24, 2.45) is 5.92 Å². The Morgan fingerprint density at radius 3 is 2.63 bits per heavy atom. The lowest BCUT2D eigenvalue weighted by Gasteiger charge is -2.17. The summed E-state index contributed by atoms with van der Waals surface area (Å²) in [7, 11) is -1.85. The van der Waals surface area contributed by atoms with Crippen LogP contribution in [-0.2, 0) is 10.0 Å². The molecule has 0 radical (unpaired) electrons. The molecule has 1 aliphatic rings. The van der Waals surface area contributed by atoms with E-state index in [0.29, 0.717) is 30.3 Å². The number of benzene rings is 2. The van der Waals surface area contributed by atoms with Crippen LogP contribution in [0.2, 0.25) is 0 Å². The van der Waals surface area contributed by atoms with Crippen LogP contribution in [0.5, 0.6) is 0 Å². The van der Waals surface area contributed by atoms with Crippen LogP contribution in [-0.4, -0.2) is 45.9 Å². The van der Waals surface area contributed by atoms with Crippen LogP contribution < -0.4 is 10.0 Å². The van der Waals surface area contributed by atoms with Gasteiger partial charge >= 0.3 is 0 Å². The molecular weight excluding hydrogens is 362 g/mol. The van der Waals surface area contributed by atoms with E-state index in [2.05, 4.69) is 10.0 Å². The van der Waals surface area contributed by atoms with E-state index in [9.17, 15) is 13.2 Å². The van der Waals surface area contributed by atoms with Crippen molar-refractivity contribution in [1.82, 2.24) is 10.2 Å². The van der Waals surface area contributed by atoms with Gasteiger partial charge in [-0.1, -0.05) is 23.8 Å². The highest BCUT2D eigenvalue weighted by Gasteiger charge is 2.27. The van der Waals surface area contributed by atoms with Gasteiger partial charge in [0.25, 0.3) is 15.9 Å². The lowest BCUT2D eigenvalue weighted by atomic mass is 10.1. The molecule has 144 valence electrons. The zero-order valence-electron chi connectivity index (χ0n) is 15.6. The van der Waals surface area contributed by atoms with Crippen LogP contribution in [0.1, 0.15) is 22.3 Å². The van der Waals surface area contributed by atoms with Crippen LogP contribution in [0, 0.1) is 12.8 Å². The minimum Gasteiger partial charge on any atom is -0.338 e. The molecule has 0 bridgehead atoms. The Hall–Kier alpha value is -2.38. The van der Waals surface area contributed by atoms with E-state index in [0.717, 1.165) is 18.5 Å². The summed E-state index contributed by atoms with van der Waals surface area (Å²) in [5, 5.41) is 3.14. The lowest BCUT2D eigenvalue weighted by molar-refractivity contribution is 0.0787. The normalized spacial score (nSPS) is 17.1. The number of amides is 1. The highest BCUT2D eigenvalue weighted by atomic mass is 32.2. The summed E-state index contributed by atoms with van der Waals surface area (Å²) >= 11 is 0. The summed E-state index contributed by atoms with van der Waals surface area (Å²) in [6.45, 7) is 4.20. The number of nitrogens with zero attached hydrogens (tertiary/aromatic N) is 1. The van der Waals surface area contributed by atoms with Gasteiger partial charge in [-0.2, -0.15) is 0 Å². The summed E-state index contributed by atoms with van der Waals surface area (Å²) in [5.74, 6) is 0.315. The van der Waals surface area contributed by atoms with Gasteiger partial charge in [0.15, 0.2) is 0 Å². The Kier molecular flexibility index (Phi) is 5.82. The molecule has 1 aliphatic heterocycles. The predicted molar refractivity (Wildman–Crippen MR) is 106 cm³/mol. The third kappa shape index (κ3) is 4.67. The Bertz CT molecular complexity index is 910. The van der Waals surface area contributed by atoms with E-state index in [1.54, 1.807) is 29.2 Å². The van der Waals surface area contributed by atoms with Gasteiger partial charge in [-0.25, -0.2) is 8.42 Å². The van der Waals surface area contributed by atoms with Gasteiger partial charge in [0.1, 0.15) is 0 Å². The number of nitrogens with one attached hydrogen (secondary N) is 2. The smallest absolute Gasteiger partial charge is 0.261 e. The van der Waals surface area contributed by atoms with Gasteiger partial charge in [-0.05, 0) is 63.2 Å². The number of rotatable bonds is 6. The van der Waals surface area contributed by atoms with Gasteiger partial charge in [-0.3, -0.25) is 9.52 Å². The summed E-state index contributed by atoms with van der Waals surface area (Å²) < 4.78 is 27.9. The van der Waals surface area contributed by atoms with Crippen molar-refractivity contribution in [2.75, 3.05) is 31.4 Å². The van der Waals surface area contributed by atoms with E-state index >= 15 is 0 Å². The van der Waals surface area contributed by atoms with Crippen molar-refractivity contribution in [3.8, 4) is 0 Å². The fourth-order valence-electron chi connectivity index (χ4n) is 3.29. The zero-order valence-corrected chi connectivity index (χ0v) is 16.4. The van der Waals surface area contributed by atoms with E-state index in [-0.39, 0.29) is 10.8 Å². The third-order valence-electron chi connectivity index (χ3n) is 4.76. The topological polar surface area (TPSA) is 78.5 Å². The first-order valence-corrected chi connectivity index (χ1v) is 10.5. The molecule has 0 aromatic heterocycles. The van der Waals surface area contributed by atoms with E-state index in [1.165, 1.54) is 12.1 Å². The minimum absolute atomic E-state index is 0.0832. The molecular formula is C20H25N3O3S. The zero-order chi connectivity index (χ0) is 19.4. The second kappa shape index (κ2) is 8.10. The number of anilines is 1. The fourth-order valence-corrected chi connectivity index (χ4v) is 4.39. The number of hydrogen-bond acceptors (Lipinski definition) is 4. The monoisotopic (exact) mass is 387 g/mol. The highest BCUT2D eigenvalue weighted by molar-refractivity contribution is 7.92. The summed E-state index contributed by atoms with van der Waals surface area (Å²) in [6, 6.07) is 13.3. The van der Waals surface area contributed by atoms with Crippen molar-refractivity contribution >= 4 is 21.6 Å². The Morgan fingerprint density at radius 2 is 1.93 bits per heavy atom. The Labute approximate surface area is 160 Å². The average Bonchev–Trinajstić information content (AvgIpc) is 3.12. The van der Waals surface area contributed by atoms with E-state index < -0.39 is 10.0 Å². The van der Waals surface area contributed by atoms with Crippen LogP contribution in [0.15, 0.2) is 53.4 Å². The second-order valence-corrected chi connectivity index (χ2v) is 8.65. The van der Waals surface area contributed by atoms with Crippen LogP contribution in [0.25, 0.3) is 0 Å². The molecule has 1 fully saturated rings. The van der Waals surface area contributed by atoms with Crippen molar-refractivity contribution in [3.05, 3.63) is 59.7 Å². The van der Waals surface area contributed by atoms with Gasteiger partial charge < -0.3 is 10.2 Å². The molecule has 7 heteroatoms. The molecule has 27 heavy (non-hydrogen) atoms. The summed E-state index contributed by atoms with van der Waals surface area (Å²) in [4.78, 5) is 14.6. The fraction of sp³-hybridized carbons (Fsp3) is 0.350. The molecule has 2 aromatic rings. The Balaban J connectivity index is 1.76. The lowest BCUT2D eigenvalue weighted by Crippen LogP contribution is -2.30. The highest BCUT2D eigenvalue weighted by Crippen LogP contribution is 2.21.